The molecule has 2 fully saturated rings. The Balaban J connectivity index is 1.04. The molecular weight excluding hydrogens is 873 g/mol. The van der Waals surface area contributed by atoms with Gasteiger partial charge in [-0.15, -0.1) is 0 Å². The van der Waals surface area contributed by atoms with Crippen LogP contribution in [0.4, 0.5) is 21.5 Å². The van der Waals surface area contributed by atoms with E-state index in [0.717, 1.165) is 43.1 Å². The van der Waals surface area contributed by atoms with Crippen molar-refractivity contribution in [1.29, 1.82) is 0 Å². The summed E-state index contributed by atoms with van der Waals surface area (Å²) in [5, 5.41) is 16.4. The van der Waals surface area contributed by atoms with Gasteiger partial charge in [0, 0.05) is 86.4 Å². The topological polar surface area (TPSA) is 172 Å². The summed E-state index contributed by atoms with van der Waals surface area (Å²) in [4.78, 5) is 36.6. The molecule has 8 rings (SSSR count). The number of ether oxygens (including phenoxy) is 2. The molecule has 2 saturated heterocycles. The number of nitro benzene ring substituents is 1. The number of benzene rings is 3. The number of halogens is 2. The van der Waals surface area contributed by atoms with Crippen LogP contribution in [0.5, 0.6) is 11.5 Å². The average molecular weight is 929 g/mol. The highest BCUT2D eigenvalue weighted by Gasteiger charge is 2.43. The number of H-pyrrole nitrogens is 1. The van der Waals surface area contributed by atoms with E-state index in [1.54, 1.807) is 24.4 Å². The highest BCUT2D eigenvalue weighted by atomic mass is 35.5. The summed E-state index contributed by atoms with van der Waals surface area (Å²) in [7, 11) is -4.83. The standard InChI is InChI=1S/C48H55ClFN7O7S/c1-30-28-56(17-16-55(30)29-34-24-47(2,3)48(4,5)25-40(34)32-6-8-35(49)9-7-32)36-10-11-39(43(21-36)64-37-20-33-12-15-51-45(33)53-27-37)46(58)54-65(61,62)38-22-41(50)44(42(23-38)57(59)60)52-26-31-13-18-63-19-14-31/h6-12,15,20-23,27,30-31,52H,13-14,16-19,24-26,28-29H2,1-5H3,(H,51,53)(H,54,58)/t30-/m1/s1. The number of nitrogens with zero attached hydrogens (tertiary/aromatic N) is 4. The minimum Gasteiger partial charge on any atom is -0.455 e. The van der Waals surface area contributed by atoms with Crippen LogP contribution in [0.25, 0.3) is 16.6 Å². The van der Waals surface area contributed by atoms with Crippen LogP contribution in [0.3, 0.4) is 0 Å². The van der Waals surface area contributed by atoms with Gasteiger partial charge in [0.25, 0.3) is 21.6 Å². The predicted octanol–water partition coefficient (Wildman–Crippen LogP) is 9.82. The number of piperazine rings is 1. The average Bonchev–Trinajstić information content (AvgIpc) is 3.73. The maximum absolute atomic E-state index is 15.5. The second kappa shape index (κ2) is 18.4. The molecular formula is C48H55ClFN7O7S. The number of nitrogens with one attached hydrogen (secondary N) is 3. The zero-order chi connectivity index (χ0) is 46.3. The van der Waals surface area contributed by atoms with Gasteiger partial charge in [0.2, 0.25) is 0 Å². The second-order valence-electron chi connectivity index (χ2n) is 18.8. The van der Waals surface area contributed by atoms with E-state index in [1.165, 1.54) is 29.0 Å². The first-order chi connectivity index (χ1) is 30.9. The largest absolute Gasteiger partial charge is 0.455 e. The third-order valence-electron chi connectivity index (χ3n) is 13.7. The molecule has 14 nitrogen and oxygen atoms in total. The number of aromatic nitrogens is 2. The van der Waals surface area contributed by atoms with Crippen molar-refractivity contribution in [2.75, 3.05) is 56.2 Å². The van der Waals surface area contributed by atoms with E-state index in [-0.39, 0.29) is 40.6 Å². The Labute approximate surface area is 383 Å². The van der Waals surface area contributed by atoms with Gasteiger partial charge in [-0.25, -0.2) is 22.5 Å². The molecule has 3 N–H and O–H groups in total. The summed E-state index contributed by atoms with van der Waals surface area (Å²) >= 11 is 6.30. The molecule has 3 aliphatic rings. The molecule has 0 spiro atoms. The maximum atomic E-state index is 15.5. The van der Waals surface area contributed by atoms with E-state index < -0.39 is 42.9 Å². The summed E-state index contributed by atoms with van der Waals surface area (Å²) < 4.78 is 56.7. The number of hydrogen-bond acceptors (Lipinski definition) is 11. The Morgan fingerprint density at radius 3 is 2.49 bits per heavy atom. The van der Waals surface area contributed by atoms with E-state index in [0.29, 0.717) is 61.6 Å². The van der Waals surface area contributed by atoms with Gasteiger partial charge in [-0.05, 0) is 103 Å². The van der Waals surface area contributed by atoms with Crippen LogP contribution >= 0.6 is 11.6 Å². The van der Waals surface area contributed by atoms with Crippen LogP contribution < -0.4 is 19.7 Å². The fourth-order valence-electron chi connectivity index (χ4n) is 9.06. The van der Waals surface area contributed by atoms with Gasteiger partial charge in [0.05, 0.1) is 21.6 Å². The minimum atomic E-state index is -4.83. The van der Waals surface area contributed by atoms with E-state index in [1.807, 2.05) is 22.9 Å². The van der Waals surface area contributed by atoms with Crippen molar-refractivity contribution in [3.63, 3.8) is 0 Å². The molecule has 4 heterocycles. The summed E-state index contributed by atoms with van der Waals surface area (Å²) in [6.45, 7) is 15.8. The van der Waals surface area contributed by atoms with Crippen LogP contribution in [0, 0.1) is 32.7 Å². The van der Waals surface area contributed by atoms with Gasteiger partial charge < -0.3 is 24.7 Å². The third-order valence-corrected chi connectivity index (χ3v) is 15.3. The lowest BCUT2D eigenvalue weighted by Gasteiger charge is -2.49. The molecule has 0 radical (unpaired) electrons. The van der Waals surface area contributed by atoms with Gasteiger partial charge in [0.1, 0.15) is 22.8 Å². The molecule has 1 aliphatic carbocycles. The predicted molar refractivity (Wildman–Crippen MR) is 251 cm³/mol. The van der Waals surface area contributed by atoms with Crippen molar-refractivity contribution in [2.45, 2.75) is 71.2 Å². The van der Waals surface area contributed by atoms with Gasteiger partial charge in [-0.1, -0.05) is 57.0 Å². The molecule has 0 unspecified atom stereocenters. The molecule has 2 aliphatic heterocycles. The first kappa shape index (κ1) is 46.0. The lowest BCUT2D eigenvalue weighted by Crippen LogP contribution is -2.53. The number of carbonyl (C=O) groups is 1. The van der Waals surface area contributed by atoms with Gasteiger partial charge in [0.15, 0.2) is 5.82 Å². The summed E-state index contributed by atoms with van der Waals surface area (Å²) in [6.07, 6.45) is 6.55. The maximum Gasteiger partial charge on any atom is 0.296 e. The summed E-state index contributed by atoms with van der Waals surface area (Å²) in [5.74, 6) is -1.76. The number of fused-ring (bicyclic) bond motifs is 1. The number of anilines is 2. The van der Waals surface area contributed by atoms with E-state index >= 15 is 4.39 Å². The fraction of sp³-hybridized carbons (Fsp3) is 0.417. The molecule has 0 saturated carbocycles. The van der Waals surface area contributed by atoms with Crippen LogP contribution in [-0.2, 0) is 14.8 Å². The quantitative estimate of drug-likeness (QED) is 0.0758. The first-order valence-electron chi connectivity index (χ1n) is 21.9. The van der Waals surface area contributed by atoms with Crippen LogP contribution in [0.2, 0.25) is 5.02 Å². The Morgan fingerprint density at radius 2 is 1.77 bits per heavy atom. The van der Waals surface area contributed by atoms with Crippen molar-refractivity contribution >= 4 is 61.2 Å². The number of aromatic amines is 1. The molecule has 17 heteroatoms. The Kier molecular flexibility index (Phi) is 13.0. The first-order valence-corrected chi connectivity index (χ1v) is 23.8. The highest BCUT2D eigenvalue weighted by Crippen LogP contribution is 2.54. The number of sulfonamides is 1. The Bertz CT molecular complexity index is 2750. The van der Waals surface area contributed by atoms with Crippen molar-refractivity contribution in [3.8, 4) is 11.5 Å². The SMILES string of the molecule is C[C@@H]1CN(c2ccc(C(=O)NS(=O)(=O)c3cc(F)c(NCC4CCOCC4)c([N+](=O)[O-])c3)c(Oc3cnc4[nH]ccc4c3)c2)CCN1CC1=C(c2ccc(Cl)cc2)CC(C)(C)C(C)(C)C1. The number of pyridine rings is 1. The van der Waals surface area contributed by atoms with Crippen molar-refractivity contribution < 1.29 is 32.0 Å². The number of allylic oxidation sites excluding steroid dienone is 1. The number of rotatable bonds is 13. The van der Waals surface area contributed by atoms with Gasteiger partial charge in [-0.2, -0.15) is 0 Å². The Hall–Kier alpha value is -5.55. The number of hydrogen-bond donors (Lipinski definition) is 3. The lowest BCUT2D eigenvalue weighted by molar-refractivity contribution is -0.384. The molecule has 2 aromatic heterocycles. The van der Waals surface area contributed by atoms with Crippen LogP contribution in [0.15, 0.2) is 89.6 Å². The van der Waals surface area contributed by atoms with E-state index in [9.17, 15) is 23.3 Å². The smallest absolute Gasteiger partial charge is 0.296 e. The second-order valence-corrected chi connectivity index (χ2v) is 20.9. The number of carbonyl (C=O) groups excluding carboxylic acids is 1. The van der Waals surface area contributed by atoms with Crippen LogP contribution in [-0.4, -0.2) is 86.1 Å². The molecule has 0 bridgehead atoms. The minimum absolute atomic E-state index is 0.0524. The molecule has 344 valence electrons. The van der Waals surface area contributed by atoms with Crippen molar-refractivity contribution in [3.05, 3.63) is 117 Å². The lowest BCUT2D eigenvalue weighted by atomic mass is 9.57. The number of nitro groups is 1. The van der Waals surface area contributed by atoms with Gasteiger partial charge in [-0.3, -0.25) is 19.8 Å². The van der Waals surface area contributed by atoms with E-state index in [2.05, 4.69) is 71.8 Å². The van der Waals surface area contributed by atoms with Crippen LogP contribution in [0.1, 0.15) is 76.2 Å². The molecule has 1 atom stereocenters. The third kappa shape index (κ3) is 10.0. The summed E-state index contributed by atoms with van der Waals surface area (Å²) in [5.41, 5.74) is 4.25. The van der Waals surface area contributed by atoms with Crippen molar-refractivity contribution in [1.82, 2.24) is 19.6 Å². The highest BCUT2D eigenvalue weighted by molar-refractivity contribution is 7.90. The normalized spacial score (nSPS) is 19.3. The van der Waals surface area contributed by atoms with Crippen molar-refractivity contribution in [2.24, 2.45) is 16.7 Å². The Morgan fingerprint density at radius 1 is 1.03 bits per heavy atom. The van der Waals surface area contributed by atoms with E-state index in [4.69, 9.17) is 21.1 Å². The molecule has 65 heavy (non-hydrogen) atoms. The monoisotopic (exact) mass is 927 g/mol. The fourth-order valence-corrected chi connectivity index (χ4v) is 10.2. The zero-order valence-electron chi connectivity index (χ0n) is 37.2. The molecule has 3 aromatic carbocycles. The molecule has 5 aromatic rings. The number of amides is 1. The zero-order valence-corrected chi connectivity index (χ0v) is 38.8. The summed E-state index contributed by atoms with van der Waals surface area (Å²) in [6, 6.07) is 18.2. The molecule has 1 amide bonds. The van der Waals surface area contributed by atoms with Gasteiger partial charge >= 0.3 is 0 Å².